The van der Waals surface area contributed by atoms with Gasteiger partial charge >= 0.3 is 6.18 Å². The first-order chi connectivity index (χ1) is 11.3. The lowest BCUT2D eigenvalue weighted by atomic mass is 10.1. The molecule has 144 valence electrons. The number of halogens is 4. The Hall–Kier alpha value is -1.32. The van der Waals surface area contributed by atoms with Crippen LogP contribution in [0.25, 0.3) is 0 Å². The molecule has 0 spiro atoms. The van der Waals surface area contributed by atoms with Crippen molar-refractivity contribution >= 4 is 18.3 Å². The molecule has 1 amide bonds. The van der Waals surface area contributed by atoms with Crippen LogP contribution in [0.4, 0.5) is 13.2 Å². The Kier molecular flexibility index (Phi) is 7.70. The maximum absolute atomic E-state index is 13.3. The summed E-state index contributed by atoms with van der Waals surface area (Å²) in [4.78, 5) is 13.7. The van der Waals surface area contributed by atoms with Crippen molar-refractivity contribution in [2.24, 2.45) is 0 Å². The molecule has 0 aliphatic carbocycles. The van der Waals surface area contributed by atoms with E-state index in [2.05, 4.69) is 15.7 Å². The number of amides is 1. The van der Waals surface area contributed by atoms with Crippen LogP contribution in [0.1, 0.15) is 28.7 Å². The average molecular weight is 384 g/mol. The van der Waals surface area contributed by atoms with Gasteiger partial charge < -0.3 is 10.6 Å². The standard InChI is InChI=1S/C15H24F3N5O.ClH/c1-4-23-11(3)13(10(2)21-23)14(24)20-9-12(15(16,17)18)22-7-5-19-6-8-22;/h12,19H,4-9H2,1-3H3,(H,20,24);1H. The summed E-state index contributed by atoms with van der Waals surface area (Å²) < 4.78 is 41.7. The molecule has 2 N–H and O–H groups in total. The van der Waals surface area contributed by atoms with E-state index in [1.165, 1.54) is 4.90 Å². The van der Waals surface area contributed by atoms with Crippen LogP contribution in [0.3, 0.4) is 0 Å². The van der Waals surface area contributed by atoms with Gasteiger partial charge in [-0.2, -0.15) is 18.3 Å². The molecule has 6 nitrogen and oxygen atoms in total. The number of aromatic nitrogens is 2. The summed E-state index contributed by atoms with van der Waals surface area (Å²) in [6.07, 6.45) is -4.39. The van der Waals surface area contributed by atoms with Crippen molar-refractivity contribution in [3.8, 4) is 0 Å². The number of nitrogens with zero attached hydrogens (tertiary/aromatic N) is 3. The monoisotopic (exact) mass is 383 g/mol. The molecule has 1 aromatic heterocycles. The van der Waals surface area contributed by atoms with E-state index in [-0.39, 0.29) is 12.4 Å². The second-order valence-electron chi connectivity index (χ2n) is 5.91. The number of hydrogen-bond acceptors (Lipinski definition) is 4. The Morgan fingerprint density at radius 3 is 2.40 bits per heavy atom. The molecule has 1 aromatic rings. The minimum Gasteiger partial charge on any atom is -0.350 e. The van der Waals surface area contributed by atoms with Crippen LogP contribution < -0.4 is 10.6 Å². The normalized spacial score (nSPS) is 17.0. The maximum Gasteiger partial charge on any atom is 0.405 e. The number of alkyl halides is 3. The van der Waals surface area contributed by atoms with Gasteiger partial charge in [0.2, 0.25) is 0 Å². The largest absolute Gasteiger partial charge is 0.405 e. The number of nitrogens with one attached hydrogen (secondary N) is 2. The summed E-state index contributed by atoms with van der Waals surface area (Å²) in [6.45, 7) is 7.12. The quantitative estimate of drug-likeness (QED) is 0.809. The topological polar surface area (TPSA) is 62.2 Å². The maximum atomic E-state index is 13.3. The zero-order chi connectivity index (χ0) is 17.9. The van der Waals surface area contributed by atoms with Crippen molar-refractivity contribution in [3.63, 3.8) is 0 Å². The van der Waals surface area contributed by atoms with Crippen molar-refractivity contribution in [1.29, 1.82) is 0 Å². The first-order valence-electron chi connectivity index (χ1n) is 8.09. The van der Waals surface area contributed by atoms with Crippen LogP contribution in [0.15, 0.2) is 0 Å². The molecule has 1 fully saturated rings. The van der Waals surface area contributed by atoms with E-state index in [1.807, 2.05) is 6.92 Å². The summed E-state index contributed by atoms with van der Waals surface area (Å²) in [7, 11) is 0. The van der Waals surface area contributed by atoms with Crippen molar-refractivity contribution < 1.29 is 18.0 Å². The first kappa shape index (κ1) is 21.7. The van der Waals surface area contributed by atoms with Gasteiger partial charge in [0.25, 0.3) is 5.91 Å². The molecule has 0 bridgehead atoms. The third kappa shape index (κ3) is 5.08. The molecule has 0 saturated carbocycles. The van der Waals surface area contributed by atoms with Gasteiger partial charge in [-0.15, -0.1) is 12.4 Å². The average Bonchev–Trinajstić information content (AvgIpc) is 2.81. The van der Waals surface area contributed by atoms with Crippen molar-refractivity contribution in [2.45, 2.75) is 39.5 Å². The zero-order valence-corrected chi connectivity index (χ0v) is 15.4. The van der Waals surface area contributed by atoms with E-state index in [1.54, 1.807) is 18.5 Å². The third-order valence-corrected chi connectivity index (χ3v) is 4.33. The lowest BCUT2D eigenvalue weighted by molar-refractivity contribution is -0.183. The molecule has 2 heterocycles. The molecule has 1 saturated heterocycles. The summed E-state index contributed by atoms with van der Waals surface area (Å²) in [5, 5.41) is 9.71. The summed E-state index contributed by atoms with van der Waals surface area (Å²) >= 11 is 0. The number of rotatable bonds is 5. The van der Waals surface area contributed by atoms with E-state index in [0.29, 0.717) is 49.7 Å². The molecule has 1 unspecified atom stereocenters. The molecular formula is C15H25ClF3N5O. The number of aryl methyl sites for hydroxylation is 2. The van der Waals surface area contributed by atoms with Crippen molar-refractivity contribution in [1.82, 2.24) is 25.3 Å². The van der Waals surface area contributed by atoms with E-state index in [0.717, 1.165) is 0 Å². The van der Waals surface area contributed by atoms with Crippen LogP contribution >= 0.6 is 12.4 Å². The van der Waals surface area contributed by atoms with E-state index < -0.39 is 24.7 Å². The first-order valence-corrected chi connectivity index (χ1v) is 8.09. The van der Waals surface area contributed by atoms with Gasteiger partial charge in [0, 0.05) is 45.0 Å². The zero-order valence-electron chi connectivity index (χ0n) is 14.6. The molecular weight excluding hydrogens is 359 g/mol. The summed E-state index contributed by atoms with van der Waals surface area (Å²) in [5.41, 5.74) is 1.55. The van der Waals surface area contributed by atoms with Crippen molar-refractivity contribution in [2.75, 3.05) is 32.7 Å². The second kappa shape index (κ2) is 8.86. The van der Waals surface area contributed by atoms with Gasteiger partial charge in [-0.05, 0) is 20.8 Å². The Balaban J connectivity index is 0.00000312. The fourth-order valence-electron chi connectivity index (χ4n) is 3.06. The molecule has 0 aromatic carbocycles. The summed E-state index contributed by atoms with van der Waals surface area (Å²) in [6, 6.07) is -1.68. The van der Waals surface area contributed by atoms with Crippen LogP contribution in [0.2, 0.25) is 0 Å². The highest BCUT2D eigenvalue weighted by molar-refractivity contribution is 5.96. The Bertz CT molecular complexity index is 584. The van der Waals surface area contributed by atoms with Crippen LogP contribution in [-0.4, -0.2) is 65.5 Å². The fraction of sp³-hybridized carbons (Fsp3) is 0.733. The molecule has 1 aliphatic rings. The molecule has 2 rings (SSSR count). The molecule has 0 radical (unpaired) electrons. The third-order valence-electron chi connectivity index (χ3n) is 4.33. The number of piperazine rings is 1. The molecule has 1 atom stereocenters. The minimum atomic E-state index is -4.39. The van der Waals surface area contributed by atoms with E-state index in [4.69, 9.17) is 0 Å². The number of carbonyl (C=O) groups excluding carboxylic acids is 1. The summed E-state index contributed by atoms with van der Waals surface area (Å²) in [5.74, 6) is -0.505. The molecule has 1 aliphatic heterocycles. The van der Waals surface area contributed by atoms with Gasteiger partial charge in [-0.1, -0.05) is 0 Å². The van der Waals surface area contributed by atoms with Gasteiger partial charge in [0.05, 0.1) is 11.3 Å². The van der Waals surface area contributed by atoms with Crippen LogP contribution in [0, 0.1) is 13.8 Å². The van der Waals surface area contributed by atoms with Gasteiger partial charge in [0.1, 0.15) is 6.04 Å². The number of carbonyl (C=O) groups is 1. The van der Waals surface area contributed by atoms with E-state index >= 15 is 0 Å². The van der Waals surface area contributed by atoms with Gasteiger partial charge in [-0.25, -0.2) is 0 Å². The predicted molar refractivity (Wildman–Crippen MR) is 91.2 cm³/mol. The second-order valence-corrected chi connectivity index (χ2v) is 5.91. The highest BCUT2D eigenvalue weighted by atomic mass is 35.5. The highest BCUT2D eigenvalue weighted by Gasteiger charge is 2.44. The highest BCUT2D eigenvalue weighted by Crippen LogP contribution is 2.25. The van der Waals surface area contributed by atoms with Crippen LogP contribution in [0.5, 0.6) is 0 Å². The Morgan fingerprint density at radius 2 is 1.92 bits per heavy atom. The lowest BCUT2D eigenvalue weighted by Gasteiger charge is -2.35. The predicted octanol–water partition coefficient (Wildman–Crippen LogP) is 1.51. The smallest absolute Gasteiger partial charge is 0.350 e. The minimum absolute atomic E-state index is 0. The van der Waals surface area contributed by atoms with E-state index in [9.17, 15) is 18.0 Å². The number of hydrogen-bond donors (Lipinski definition) is 2. The van der Waals surface area contributed by atoms with Crippen LogP contribution in [-0.2, 0) is 6.54 Å². The molecule has 10 heteroatoms. The van der Waals surface area contributed by atoms with Crippen molar-refractivity contribution in [3.05, 3.63) is 17.0 Å². The van der Waals surface area contributed by atoms with Gasteiger partial charge in [0.15, 0.2) is 0 Å². The SMILES string of the molecule is CCn1nc(C)c(C(=O)NCC(N2CCNCC2)C(F)(F)F)c1C.Cl. The lowest BCUT2D eigenvalue weighted by Crippen LogP contribution is -2.57. The molecule has 25 heavy (non-hydrogen) atoms. The fourth-order valence-corrected chi connectivity index (χ4v) is 3.06. The van der Waals surface area contributed by atoms with Gasteiger partial charge in [-0.3, -0.25) is 14.4 Å². The Morgan fingerprint density at radius 1 is 1.32 bits per heavy atom. The Labute approximate surface area is 151 Å².